The third-order valence-electron chi connectivity index (χ3n) is 5.06. The molecule has 8 heteroatoms. The van der Waals surface area contributed by atoms with Crippen LogP contribution in [0.5, 0.6) is 0 Å². The van der Waals surface area contributed by atoms with Crippen LogP contribution in [0.25, 0.3) is 0 Å². The maximum Gasteiger partial charge on any atom is 0.321 e. The van der Waals surface area contributed by atoms with E-state index in [1.807, 2.05) is 0 Å². The van der Waals surface area contributed by atoms with Crippen LogP contribution in [-0.4, -0.2) is 44.2 Å². The highest BCUT2D eigenvalue weighted by Crippen LogP contribution is 2.24. The molecule has 0 spiro atoms. The molecule has 0 bridgehead atoms. The molecule has 3 N–H and O–H groups in total. The van der Waals surface area contributed by atoms with E-state index >= 15 is 0 Å². The summed E-state index contributed by atoms with van der Waals surface area (Å²) < 4.78 is 0. The number of urea groups is 1. The van der Waals surface area contributed by atoms with Crippen LogP contribution in [-0.2, 0) is 0 Å². The summed E-state index contributed by atoms with van der Waals surface area (Å²) in [6.07, 6.45) is 7.68. The van der Waals surface area contributed by atoms with Crippen molar-refractivity contribution < 1.29 is 9.59 Å². The van der Waals surface area contributed by atoms with E-state index in [9.17, 15) is 9.59 Å². The Hall–Kier alpha value is -1.50. The summed E-state index contributed by atoms with van der Waals surface area (Å²) in [7, 11) is 0. The number of nitrogens with one attached hydrogen (secondary N) is 3. The SMILES string of the molecule is Cl.O=C(NCCNC1CCCCCC1)c1cc(N2CCNC2=O)ccc1Cl. The number of nitrogens with zero attached hydrogens (tertiary/aromatic N) is 1. The summed E-state index contributed by atoms with van der Waals surface area (Å²) in [5.74, 6) is -0.209. The first-order chi connectivity index (χ1) is 12.6. The van der Waals surface area contributed by atoms with E-state index in [2.05, 4.69) is 16.0 Å². The fourth-order valence-electron chi connectivity index (χ4n) is 3.60. The molecule has 0 unspecified atom stereocenters. The Balaban J connectivity index is 0.00000261. The van der Waals surface area contributed by atoms with Crippen LogP contribution >= 0.6 is 24.0 Å². The van der Waals surface area contributed by atoms with E-state index in [0.29, 0.717) is 41.9 Å². The summed E-state index contributed by atoms with van der Waals surface area (Å²) in [5, 5.41) is 9.60. The predicted molar refractivity (Wildman–Crippen MR) is 111 cm³/mol. The van der Waals surface area contributed by atoms with E-state index in [0.717, 1.165) is 6.54 Å². The van der Waals surface area contributed by atoms with Crippen LogP contribution in [0, 0.1) is 0 Å². The Morgan fingerprint density at radius 1 is 1.19 bits per heavy atom. The molecule has 1 aliphatic carbocycles. The van der Waals surface area contributed by atoms with E-state index in [4.69, 9.17) is 11.6 Å². The Bertz CT molecular complexity index is 649. The molecular weight excluding hydrogens is 387 g/mol. The highest BCUT2D eigenvalue weighted by Gasteiger charge is 2.22. The van der Waals surface area contributed by atoms with Crippen LogP contribution < -0.4 is 20.9 Å². The zero-order valence-electron chi connectivity index (χ0n) is 15.4. The van der Waals surface area contributed by atoms with Gasteiger partial charge in [-0.1, -0.05) is 37.3 Å². The summed E-state index contributed by atoms with van der Waals surface area (Å²) in [5.41, 5.74) is 1.09. The van der Waals surface area contributed by atoms with Crippen LogP contribution in [0.1, 0.15) is 48.9 Å². The molecule has 2 aliphatic rings. The molecule has 6 nitrogen and oxygen atoms in total. The largest absolute Gasteiger partial charge is 0.351 e. The zero-order valence-corrected chi connectivity index (χ0v) is 17.0. The fraction of sp³-hybridized carbons (Fsp3) is 0.579. The molecule has 1 aromatic rings. The lowest BCUT2D eigenvalue weighted by Crippen LogP contribution is -2.37. The zero-order chi connectivity index (χ0) is 18.4. The van der Waals surface area contributed by atoms with Crippen LogP contribution in [0.4, 0.5) is 10.5 Å². The Labute approximate surface area is 171 Å². The van der Waals surface area contributed by atoms with Gasteiger partial charge >= 0.3 is 6.03 Å². The first-order valence-corrected chi connectivity index (χ1v) is 9.89. The second kappa shape index (κ2) is 10.7. The van der Waals surface area contributed by atoms with Gasteiger partial charge in [-0.25, -0.2) is 4.79 Å². The van der Waals surface area contributed by atoms with Crippen molar-refractivity contribution in [2.45, 2.75) is 44.6 Å². The van der Waals surface area contributed by atoms with Crippen molar-refractivity contribution in [2.75, 3.05) is 31.1 Å². The van der Waals surface area contributed by atoms with Gasteiger partial charge in [-0.15, -0.1) is 12.4 Å². The quantitative estimate of drug-likeness (QED) is 0.493. The van der Waals surface area contributed by atoms with Crippen LogP contribution in [0.2, 0.25) is 5.02 Å². The second-order valence-electron chi connectivity index (χ2n) is 6.95. The molecule has 1 heterocycles. The van der Waals surface area contributed by atoms with Gasteiger partial charge < -0.3 is 16.0 Å². The third-order valence-corrected chi connectivity index (χ3v) is 5.39. The minimum atomic E-state index is -0.209. The molecule has 1 saturated carbocycles. The van der Waals surface area contributed by atoms with E-state index in [-0.39, 0.29) is 24.3 Å². The van der Waals surface area contributed by atoms with Crippen LogP contribution in [0.15, 0.2) is 18.2 Å². The number of rotatable bonds is 6. The van der Waals surface area contributed by atoms with Crippen molar-refractivity contribution in [3.63, 3.8) is 0 Å². The van der Waals surface area contributed by atoms with Gasteiger partial charge in [-0.2, -0.15) is 0 Å². The first-order valence-electron chi connectivity index (χ1n) is 9.51. The van der Waals surface area contributed by atoms with Gasteiger partial charge in [0.15, 0.2) is 0 Å². The Morgan fingerprint density at radius 3 is 2.59 bits per heavy atom. The van der Waals surface area contributed by atoms with Gasteiger partial charge in [0.25, 0.3) is 5.91 Å². The molecule has 1 saturated heterocycles. The van der Waals surface area contributed by atoms with Crippen LogP contribution in [0.3, 0.4) is 0 Å². The van der Waals surface area contributed by atoms with Gasteiger partial charge in [-0.05, 0) is 31.0 Å². The Kier molecular flexibility index (Phi) is 8.67. The first kappa shape index (κ1) is 21.8. The summed E-state index contributed by atoms with van der Waals surface area (Å²) in [4.78, 5) is 25.9. The van der Waals surface area contributed by atoms with Crippen molar-refractivity contribution >= 4 is 41.6 Å². The minimum Gasteiger partial charge on any atom is -0.351 e. The number of hydrogen-bond donors (Lipinski definition) is 3. The molecular formula is C19H28Cl2N4O2. The van der Waals surface area contributed by atoms with Gasteiger partial charge in [0.1, 0.15) is 0 Å². The lowest BCUT2D eigenvalue weighted by molar-refractivity contribution is 0.0953. The number of hydrogen-bond acceptors (Lipinski definition) is 3. The molecule has 27 heavy (non-hydrogen) atoms. The molecule has 3 rings (SSSR count). The number of anilines is 1. The molecule has 3 amide bonds. The predicted octanol–water partition coefficient (Wildman–Crippen LogP) is 3.33. The van der Waals surface area contributed by atoms with E-state index in [1.165, 1.54) is 38.5 Å². The molecule has 1 aromatic carbocycles. The molecule has 0 radical (unpaired) electrons. The lowest BCUT2D eigenvalue weighted by Gasteiger charge is -2.17. The summed E-state index contributed by atoms with van der Waals surface area (Å²) in [6.45, 7) is 2.50. The second-order valence-corrected chi connectivity index (χ2v) is 7.35. The van der Waals surface area contributed by atoms with Crippen molar-refractivity contribution in [1.29, 1.82) is 0 Å². The van der Waals surface area contributed by atoms with Crippen molar-refractivity contribution in [3.8, 4) is 0 Å². The van der Waals surface area contributed by atoms with Crippen molar-refractivity contribution in [2.24, 2.45) is 0 Å². The summed E-state index contributed by atoms with van der Waals surface area (Å²) >= 11 is 6.19. The molecule has 0 aromatic heterocycles. The maximum atomic E-state index is 12.5. The normalized spacial score (nSPS) is 17.8. The summed E-state index contributed by atoms with van der Waals surface area (Å²) in [6, 6.07) is 5.53. The van der Waals surface area contributed by atoms with E-state index in [1.54, 1.807) is 23.1 Å². The molecule has 150 valence electrons. The number of carbonyl (C=O) groups excluding carboxylic acids is 2. The van der Waals surface area contributed by atoms with Gasteiger partial charge in [0, 0.05) is 37.9 Å². The smallest absolute Gasteiger partial charge is 0.321 e. The van der Waals surface area contributed by atoms with Crippen molar-refractivity contribution in [1.82, 2.24) is 16.0 Å². The highest BCUT2D eigenvalue weighted by molar-refractivity contribution is 6.34. The number of halogens is 2. The standard InChI is InChI=1S/C19H27ClN4O2.ClH/c20-17-8-7-15(24-12-11-23-19(24)26)13-16(17)18(25)22-10-9-21-14-5-3-1-2-4-6-14;/h7-8,13-14,21H,1-6,9-12H2,(H,22,25)(H,23,26);1H. The molecule has 1 aliphatic heterocycles. The minimum absolute atomic E-state index is 0. The van der Waals surface area contributed by atoms with Gasteiger partial charge in [0.2, 0.25) is 0 Å². The molecule has 0 atom stereocenters. The fourth-order valence-corrected chi connectivity index (χ4v) is 3.81. The average Bonchev–Trinajstić information content (AvgIpc) is 2.90. The maximum absolute atomic E-state index is 12.5. The molecule has 2 fully saturated rings. The number of carbonyl (C=O) groups is 2. The topological polar surface area (TPSA) is 73.5 Å². The van der Waals surface area contributed by atoms with Gasteiger partial charge in [0.05, 0.1) is 10.6 Å². The monoisotopic (exact) mass is 414 g/mol. The third kappa shape index (κ3) is 5.99. The van der Waals surface area contributed by atoms with Crippen molar-refractivity contribution in [3.05, 3.63) is 28.8 Å². The average molecular weight is 415 g/mol. The highest BCUT2D eigenvalue weighted by atomic mass is 35.5. The van der Waals surface area contributed by atoms with Gasteiger partial charge in [-0.3, -0.25) is 9.69 Å². The number of benzene rings is 1. The van der Waals surface area contributed by atoms with E-state index < -0.39 is 0 Å². The Morgan fingerprint density at radius 2 is 1.93 bits per heavy atom. The number of amides is 3. The lowest BCUT2D eigenvalue weighted by atomic mass is 10.1.